The molecule has 1 atom stereocenters. The van der Waals surface area contributed by atoms with E-state index in [0.29, 0.717) is 30.3 Å². The van der Waals surface area contributed by atoms with Crippen molar-refractivity contribution >= 4 is 5.91 Å². The predicted molar refractivity (Wildman–Crippen MR) is 89.1 cm³/mol. The van der Waals surface area contributed by atoms with Crippen molar-refractivity contribution in [1.82, 2.24) is 10.3 Å². The summed E-state index contributed by atoms with van der Waals surface area (Å²) in [5.41, 5.74) is 2.10. The highest BCUT2D eigenvalue weighted by Gasteiger charge is 2.27. The summed E-state index contributed by atoms with van der Waals surface area (Å²) in [5.74, 6) is 0.185. The Labute approximate surface area is 141 Å². The monoisotopic (exact) mass is 321 g/mol. The highest BCUT2D eigenvalue weighted by molar-refractivity contribution is 5.94. The molecule has 0 radical (unpaired) electrons. The van der Waals surface area contributed by atoms with Crippen LogP contribution in [0.25, 0.3) is 0 Å². The molecule has 1 aromatic carbocycles. The number of nitrogens with zero attached hydrogens (tertiary/aromatic N) is 2. The molecule has 0 spiro atoms. The Balaban J connectivity index is 1.80. The Bertz CT molecular complexity index is 717. The lowest BCUT2D eigenvalue weighted by molar-refractivity contribution is 0.0513. The first-order valence-electron chi connectivity index (χ1n) is 8.06. The van der Waals surface area contributed by atoms with Gasteiger partial charge in [-0.2, -0.15) is 5.26 Å². The van der Waals surface area contributed by atoms with Gasteiger partial charge in [0, 0.05) is 31.2 Å². The van der Waals surface area contributed by atoms with Crippen LogP contribution in [-0.2, 0) is 4.74 Å². The van der Waals surface area contributed by atoms with Crippen molar-refractivity contribution < 1.29 is 9.53 Å². The highest BCUT2D eigenvalue weighted by Crippen LogP contribution is 2.30. The van der Waals surface area contributed by atoms with Gasteiger partial charge >= 0.3 is 0 Å². The van der Waals surface area contributed by atoms with Crippen molar-refractivity contribution in [2.45, 2.75) is 18.9 Å². The molecule has 5 nitrogen and oxygen atoms in total. The number of carbonyl (C=O) groups excluding carboxylic acids is 1. The average Bonchev–Trinajstić information content (AvgIpc) is 2.67. The van der Waals surface area contributed by atoms with Crippen LogP contribution < -0.4 is 5.32 Å². The minimum atomic E-state index is -0.139. The van der Waals surface area contributed by atoms with E-state index in [-0.39, 0.29) is 11.9 Å². The summed E-state index contributed by atoms with van der Waals surface area (Å²) in [5, 5.41) is 12.0. The largest absolute Gasteiger partial charge is 0.381 e. The quantitative estimate of drug-likeness (QED) is 0.939. The number of hydrogen-bond acceptors (Lipinski definition) is 4. The molecule has 1 aromatic heterocycles. The molecule has 0 bridgehead atoms. The summed E-state index contributed by atoms with van der Waals surface area (Å²) < 4.78 is 5.44. The highest BCUT2D eigenvalue weighted by atomic mass is 16.5. The molecule has 1 N–H and O–H groups in total. The van der Waals surface area contributed by atoms with Crippen LogP contribution in [0.2, 0.25) is 0 Å². The molecule has 24 heavy (non-hydrogen) atoms. The number of nitriles is 1. The number of carbonyl (C=O) groups is 1. The normalized spacial score (nSPS) is 16.1. The minimum absolute atomic E-state index is 0.0919. The van der Waals surface area contributed by atoms with Gasteiger partial charge in [0.05, 0.1) is 17.7 Å². The van der Waals surface area contributed by atoms with E-state index in [4.69, 9.17) is 10.00 Å². The van der Waals surface area contributed by atoms with Crippen LogP contribution in [0.5, 0.6) is 0 Å². The maximum atomic E-state index is 12.6. The van der Waals surface area contributed by atoms with Gasteiger partial charge in [-0.15, -0.1) is 0 Å². The smallest absolute Gasteiger partial charge is 0.251 e. The van der Waals surface area contributed by atoms with E-state index in [9.17, 15) is 4.79 Å². The Morgan fingerprint density at radius 3 is 2.62 bits per heavy atom. The summed E-state index contributed by atoms with van der Waals surface area (Å²) in [6, 6.07) is 12.5. The number of aromatic nitrogens is 1. The molecule has 2 aromatic rings. The van der Waals surface area contributed by atoms with Crippen LogP contribution in [-0.4, -0.2) is 24.1 Å². The molecule has 122 valence electrons. The zero-order valence-corrected chi connectivity index (χ0v) is 13.3. The van der Waals surface area contributed by atoms with E-state index in [1.54, 1.807) is 36.7 Å². The molecule has 1 amide bonds. The third-order valence-electron chi connectivity index (χ3n) is 4.34. The molecule has 0 saturated carbocycles. The van der Waals surface area contributed by atoms with Gasteiger partial charge in [-0.3, -0.25) is 9.78 Å². The second-order valence-corrected chi connectivity index (χ2v) is 5.88. The van der Waals surface area contributed by atoms with Crippen molar-refractivity contribution in [2.24, 2.45) is 5.92 Å². The van der Waals surface area contributed by atoms with Crippen LogP contribution in [0.1, 0.15) is 40.4 Å². The zero-order valence-electron chi connectivity index (χ0n) is 13.3. The Hall–Kier alpha value is -2.71. The second-order valence-electron chi connectivity index (χ2n) is 5.88. The van der Waals surface area contributed by atoms with E-state index >= 15 is 0 Å². The number of amides is 1. The van der Waals surface area contributed by atoms with Gasteiger partial charge < -0.3 is 10.1 Å². The van der Waals surface area contributed by atoms with E-state index in [1.165, 1.54) is 0 Å². The molecule has 2 heterocycles. The number of nitrogens with one attached hydrogen (secondary N) is 1. The van der Waals surface area contributed by atoms with E-state index in [1.807, 2.05) is 12.1 Å². The molecule has 1 aliphatic rings. The fourth-order valence-corrected chi connectivity index (χ4v) is 3.00. The van der Waals surface area contributed by atoms with Crippen molar-refractivity contribution in [3.63, 3.8) is 0 Å². The van der Waals surface area contributed by atoms with Gasteiger partial charge in [-0.05, 0) is 54.7 Å². The Kier molecular flexibility index (Phi) is 5.19. The molecule has 0 aliphatic carbocycles. The van der Waals surface area contributed by atoms with Crippen LogP contribution in [0.15, 0.2) is 48.8 Å². The first-order valence-corrected chi connectivity index (χ1v) is 8.06. The molecule has 3 rings (SSSR count). The third kappa shape index (κ3) is 3.79. The van der Waals surface area contributed by atoms with Gasteiger partial charge in [-0.25, -0.2) is 0 Å². The summed E-state index contributed by atoms with van der Waals surface area (Å²) in [7, 11) is 0. The Morgan fingerprint density at radius 1 is 1.25 bits per heavy atom. The molecule has 1 saturated heterocycles. The lowest BCUT2D eigenvalue weighted by atomic mass is 9.87. The fourth-order valence-electron chi connectivity index (χ4n) is 3.00. The second kappa shape index (κ2) is 7.71. The summed E-state index contributed by atoms with van der Waals surface area (Å²) in [4.78, 5) is 16.8. The molecule has 1 fully saturated rings. The number of rotatable bonds is 4. The first-order chi connectivity index (χ1) is 11.8. The van der Waals surface area contributed by atoms with Crippen molar-refractivity contribution in [3.8, 4) is 6.07 Å². The van der Waals surface area contributed by atoms with Gasteiger partial charge in [0.15, 0.2) is 0 Å². The maximum absolute atomic E-state index is 12.6. The van der Waals surface area contributed by atoms with E-state index < -0.39 is 0 Å². The minimum Gasteiger partial charge on any atom is -0.381 e. The topological polar surface area (TPSA) is 75.0 Å². The van der Waals surface area contributed by atoms with Crippen LogP contribution in [0.3, 0.4) is 0 Å². The SMILES string of the molecule is N#Cc1ccc(C(=O)NC(c2cccnc2)C2CCOCC2)cc1. The van der Waals surface area contributed by atoms with Gasteiger partial charge in [-0.1, -0.05) is 6.07 Å². The van der Waals surface area contributed by atoms with Crippen LogP contribution >= 0.6 is 0 Å². The number of pyridine rings is 1. The lowest BCUT2D eigenvalue weighted by Gasteiger charge is -2.31. The molecular weight excluding hydrogens is 302 g/mol. The molecular formula is C19H19N3O2. The zero-order chi connectivity index (χ0) is 16.8. The van der Waals surface area contributed by atoms with Crippen molar-refractivity contribution in [3.05, 3.63) is 65.5 Å². The number of benzene rings is 1. The molecule has 1 unspecified atom stereocenters. The number of ether oxygens (including phenoxy) is 1. The standard InChI is InChI=1S/C19H19N3O2/c20-12-14-3-5-16(6-4-14)19(23)22-18(15-7-10-24-11-8-15)17-2-1-9-21-13-17/h1-6,9,13,15,18H,7-8,10-11H2,(H,22,23). The van der Waals surface area contributed by atoms with Crippen molar-refractivity contribution in [1.29, 1.82) is 5.26 Å². The fraction of sp³-hybridized carbons (Fsp3) is 0.316. The van der Waals surface area contributed by atoms with Gasteiger partial charge in [0.1, 0.15) is 0 Å². The van der Waals surface area contributed by atoms with E-state index in [0.717, 1.165) is 18.4 Å². The summed E-state index contributed by atoms with van der Waals surface area (Å²) in [6.07, 6.45) is 5.35. The maximum Gasteiger partial charge on any atom is 0.251 e. The molecule has 1 aliphatic heterocycles. The van der Waals surface area contributed by atoms with Crippen LogP contribution in [0.4, 0.5) is 0 Å². The van der Waals surface area contributed by atoms with E-state index in [2.05, 4.69) is 16.4 Å². The summed E-state index contributed by atoms with van der Waals surface area (Å²) in [6.45, 7) is 1.43. The third-order valence-corrected chi connectivity index (χ3v) is 4.34. The Morgan fingerprint density at radius 2 is 2.00 bits per heavy atom. The molecule has 5 heteroatoms. The predicted octanol–water partition coefficient (Wildman–Crippen LogP) is 2.85. The average molecular weight is 321 g/mol. The van der Waals surface area contributed by atoms with Gasteiger partial charge in [0.25, 0.3) is 5.91 Å². The van der Waals surface area contributed by atoms with Crippen LogP contribution in [0, 0.1) is 17.2 Å². The lowest BCUT2D eigenvalue weighted by Crippen LogP contribution is -2.36. The summed E-state index contributed by atoms with van der Waals surface area (Å²) >= 11 is 0. The van der Waals surface area contributed by atoms with Crippen molar-refractivity contribution in [2.75, 3.05) is 13.2 Å². The van der Waals surface area contributed by atoms with Gasteiger partial charge in [0.2, 0.25) is 0 Å². The first kappa shape index (κ1) is 16.2. The number of hydrogen-bond donors (Lipinski definition) is 1.